The van der Waals surface area contributed by atoms with Gasteiger partial charge < -0.3 is 14.8 Å². The van der Waals surface area contributed by atoms with Crippen LogP contribution < -0.4 is 19.7 Å². The van der Waals surface area contributed by atoms with Crippen LogP contribution in [0.1, 0.15) is 11.1 Å². The Morgan fingerprint density at radius 2 is 1.78 bits per heavy atom. The summed E-state index contributed by atoms with van der Waals surface area (Å²) in [6, 6.07) is 8.51. The van der Waals surface area contributed by atoms with Crippen molar-refractivity contribution in [1.82, 2.24) is 5.01 Å². The number of aryl methyl sites for hydroxylation is 2. The molecule has 2 aliphatic heterocycles. The summed E-state index contributed by atoms with van der Waals surface area (Å²) in [5, 5.41) is 12.0. The van der Waals surface area contributed by atoms with Crippen LogP contribution in [-0.4, -0.2) is 55.6 Å². The quantitative estimate of drug-likeness (QED) is 0.694. The zero-order chi connectivity index (χ0) is 23.0. The molecule has 0 unspecified atom stereocenters. The van der Waals surface area contributed by atoms with Crippen LogP contribution in [0.5, 0.6) is 11.5 Å². The van der Waals surface area contributed by atoms with E-state index in [1.807, 2.05) is 32.0 Å². The molecule has 32 heavy (non-hydrogen) atoms. The second-order valence-corrected chi connectivity index (χ2v) is 7.61. The Balaban J connectivity index is 1.52. The standard InChI is InChI=1S/C22H23N5O5/c1-12-5-6-13(2)15(9-12)23-18(28)11-26-20-19(24-25-26)21(29)27(22(20)30)14-7-8-16(31-3)17(10-14)32-4/h5-10,19-20H,11H2,1-4H3,(H,23,28)/t19-,20+/m0/s1. The number of rotatable bonds is 6. The van der Waals surface area contributed by atoms with E-state index in [-0.39, 0.29) is 12.5 Å². The molecule has 0 radical (unpaired) electrons. The van der Waals surface area contributed by atoms with Gasteiger partial charge in [0.05, 0.1) is 19.9 Å². The lowest BCUT2D eigenvalue weighted by molar-refractivity contribution is -0.123. The Morgan fingerprint density at radius 1 is 1.03 bits per heavy atom. The van der Waals surface area contributed by atoms with Crippen molar-refractivity contribution in [3.8, 4) is 11.5 Å². The van der Waals surface area contributed by atoms with E-state index in [1.54, 1.807) is 18.2 Å². The van der Waals surface area contributed by atoms with Gasteiger partial charge in [-0.1, -0.05) is 17.4 Å². The fraction of sp³-hybridized carbons (Fsp3) is 0.318. The van der Waals surface area contributed by atoms with Gasteiger partial charge in [0.15, 0.2) is 23.6 Å². The van der Waals surface area contributed by atoms with Gasteiger partial charge in [-0.15, -0.1) is 0 Å². The molecule has 1 N–H and O–H groups in total. The van der Waals surface area contributed by atoms with Gasteiger partial charge in [-0.3, -0.25) is 19.4 Å². The Hall–Kier alpha value is -3.95. The van der Waals surface area contributed by atoms with Crippen LogP contribution in [0.15, 0.2) is 46.7 Å². The van der Waals surface area contributed by atoms with Crippen LogP contribution in [0.4, 0.5) is 11.4 Å². The Labute approximate surface area is 184 Å². The summed E-state index contributed by atoms with van der Waals surface area (Å²) in [5.41, 5.74) is 2.94. The number of nitrogens with zero attached hydrogens (tertiary/aromatic N) is 4. The maximum atomic E-state index is 13.1. The van der Waals surface area contributed by atoms with Crippen molar-refractivity contribution in [3.05, 3.63) is 47.5 Å². The number of nitrogens with one attached hydrogen (secondary N) is 1. The summed E-state index contributed by atoms with van der Waals surface area (Å²) in [6.45, 7) is 3.61. The number of carbonyl (C=O) groups is 3. The molecule has 0 aromatic heterocycles. The summed E-state index contributed by atoms with van der Waals surface area (Å²) in [7, 11) is 2.96. The summed E-state index contributed by atoms with van der Waals surface area (Å²) in [6.07, 6.45) is 0. The first-order chi connectivity index (χ1) is 15.3. The third-order valence-corrected chi connectivity index (χ3v) is 5.46. The summed E-state index contributed by atoms with van der Waals surface area (Å²) in [5.74, 6) is -0.512. The number of fused-ring (bicyclic) bond motifs is 1. The number of anilines is 2. The van der Waals surface area contributed by atoms with Gasteiger partial charge in [0.2, 0.25) is 5.91 Å². The van der Waals surface area contributed by atoms with E-state index in [0.717, 1.165) is 16.0 Å². The fourth-order valence-electron chi connectivity index (χ4n) is 3.78. The van der Waals surface area contributed by atoms with Crippen molar-refractivity contribution >= 4 is 29.1 Å². The van der Waals surface area contributed by atoms with Crippen molar-refractivity contribution in [2.75, 3.05) is 31.0 Å². The summed E-state index contributed by atoms with van der Waals surface area (Å²) in [4.78, 5) is 39.7. The molecule has 10 nitrogen and oxygen atoms in total. The van der Waals surface area contributed by atoms with Crippen molar-refractivity contribution in [2.24, 2.45) is 10.3 Å². The molecule has 2 aromatic rings. The second kappa shape index (κ2) is 8.29. The monoisotopic (exact) mass is 437 g/mol. The van der Waals surface area contributed by atoms with E-state index in [2.05, 4.69) is 15.7 Å². The normalized spacial score (nSPS) is 19.4. The third-order valence-electron chi connectivity index (χ3n) is 5.46. The largest absolute Gasteiger partial charge is 0.493 e. The zero-order valence-electron chi connectivity index (χ0n) is 18.2. The molecule has 2 aromatic carbocycles. The smallest absolute Gasteiger partial charge is 0.263 e. The number of hydrogen-bond donors (Lipinski definition) is 1. The molecule has 0 aliphatic carbocycles. The van der Waals surface area contributed by atoms with Crippen LogP contribution in [0.2, 0.25) is 0 Å². The van der Waals surface area contributed by atoms with Crippen LogP contribution in [0.25, 0.3) is 0 Å². The maximum Gasteiger partial charge on any atom is 0.263 e. The minimum Gasteiger partial charge on any atom is -0.493 e. The van der Waals surface area contributed by atoms with Gasteiger partial charge in [0.1, 0.15) is 6.54 Å². The van der Waals surface area contributed by atoms with Gasteiger partial charge in [0.25, 0.3) is 11.8 Å². The van der Waals surface area contributed by atoms with Crippen molar-refractivity contribution in [2.45, 2.75) is 25.9 Å². The van der Waals surface area contributed by atoms with E-state index in [9.17, 15) is 14.4 Å². The molecule has 0 saturated carbocycles. The predicted octanol–water partition coefficient (Wildman–Crippen LogP) is 2.25. The van der Waals surface area contributed by atoms with E-state index >= 15 is 0 Å². The van der Waals surface area contributed by atoms with E-state index in [1.165, 1.54) is 19.2 Å². The number of benzene rings is 2. The molecule has 2 heterocycles. The average Bonchev–Trinajstić information content (AvgIpc) is 3.29. The van der Waals surface area contributed by atoms with Gasteiger partial charge in [-0.2, -0.15) is 5.11 Å². The van der Waals surface area contributed by atoms with Gasteiger partial charge >= 0.3 is 0 Å². The Morgan fingerprint density at radius 3 is 2.50 bits per heavy atom. The summed E-state index contributed by atoms with van der Waals surface area (Å²) >= 11 is 0. The molecule has 3 amide bonds. The van der Waals surface area contributed by atoms with Crippen LogP contribution in [-0.2, 0) is 14.4 Å². The van der Waals surface area contributed by atoms with E-state index < -0.39 is 23.9 Å². The minimum atomic E-state index is -0.996. The Kier molecular flexibility index (Phi) is 5.52. The minimum absolute atomic E-state index is 0.211. The first-order valence-corrected chi connectivity index (χ1v) is 9.98. The van der Waals surface area contributed by atoms with Crippen molar-refractivity contribution in [1.29, 1.82) is 0 Å². The molecule has 166 valence electrons. The predicted molar refractivity (Wildman–Crippen MR) is 116 cm³/mol. The van der Waals surface area contributed by atoms with Gasteiger partial charge in [0, 0.05) is 11.8 Å². The van der Waals surface area contributed by atoms with Crippen molar-refractivity contribution in [3.63, 3.8) is 0 Å². The topological polar surface area (TPSA) is 113 Å². The third kappa shape index (κ3) is 3.64. The molecule has 2 atom stereocenters. The highest BCUT2D eigenvalue weighted by Crippen LogP contribution is 2.36. The molecule has 0 spiro atoms. The van der Waals surface area contributed by atoms with Crippen LogP contribution >= 0.6 is 0 Å². The van der Waals surface area contributed by atoms with Crippen LogP contribution in [0.3, 0.4) is 0 Å². The first-order valence-electron chi connectivity index (χ1n) is 9.98. The lowest BCUT2D eigenvalue weighted by atomic mass is 10.1. The lowest BCUT2D eigenvalue weighted by Crippen LogP contribution is -2.43. The van der Waals surface area contributed by atoms with Crippen molar-refractivity contribution < 1.29 is 23.9 Å². The molecule has 10 heteroatoms. The highest BCUT2D eigenvalue weighted by Gasteiger charge is 2.55. The zero-order valence-corrected chi connectivity index (χ0v) is 18.2. The van der Waals surface area contributed by atoms with Gasteiger partial charge in [-0.05, 0) is 43.2 Å². The molecule has 1 saturated heterocycles. The number of methoxy groups -OCH3 is 2. The second-order valence-electron chi connectivity index (χ2n) is 7.61. The SMILES string of the molecule is COc1ccc(N2C(=O)[C@H]3N=NN(CC(=O)Nc4cc(C)ccc4C)[C@H]3C2=O)cc1OC. The average molecular weight is 437 g/mol. The molecular formula is C22H23N5O5. The molecule has 0 bridgehead atoms. The number of carbonyl (C=O) groups excluding carboxylic acids is 3. The number of hydrogen-bond acceptors (Lipinski definition) is 8. The number of ether oxygens (including phenoxy) is 2. The first kappa shape index (κ1) is 21.3. The molecule has 4 rings (SSSR count). The van der Waals surface area contributed by atoms with Crippen LogP contribution in [0, 0.1) is 13.8 Å². The van der Waals surface area contributed by atoms with Gasteiger partial charge in [-0.25, -0.2) is 4.90 Å². The summed E-state index contributed by atoms with van der Waals surface area (Å²) < 4.78 is 10.5. The number of imide groups is 1. The molecule has 2 aliphatic rings. The fourth-order valence-corrected chi connectivity index (χ4v) is 3.78. The molecule has 1 fully saturated rings. The Bertz CT molecular complexity index is 1130. The lowest BCUT2D eigenvalue weighted by Gasteiger charge is -2.21. The van der Waals surface area contributed by atoms with E-state index in [0.29, 0.717) is 22.9 Å². The van der Waals surface area contributed by atoms with E-state index in [4.69, 9.17) is 9.47 Å². The maximum absolute atomic E-state index is 13.1. The highest BCUT2D eigenvalue weighted by molar-refractivity contribution is 6.25. The molecular weight excluding hydrogens is 414 g/mol. The number of amides is 3. The highest BCUT2D eigenvalue weighted by atomic mass is 16.5.